The SMILES string of the molecule is C=[N+]1C=Cc2c([s+][c-]3c(C4CC(C)(C)CC(C)(C)C4)cccc23)[C-]1c1cc(C(C)(C)C)c2ccccc2c1C. The molecule has 2 aliphatic rings. The maximum absolute atomic E-state index is 4.50. The molecular weight excluding hydrogens is 490 g/mol. The topological polar surface area (TPSA) is 3.01 Å². The minimum absolute atomic E-state index is 0.0376. The van der Waals surface area contributed by atoms with Gasteiger partial charge in [-0.05, 0) is 75.0 Å². The number of benzene rings is 3. The lowest BCUT2D eigenvalue weighted by Gasteiger charge is -2.45. The summed E-state index contributed by atoms with van der Waals surface area (Å²) in [7, 11) is 0. The number of fused-ring (bicyclic) bond motifs is 4. The van der Waals surface area contributed by atoms with Crippen LogP contribution in [0.25, 0.3) is 26.9 Å². The van der Waals surface area contributed by atoms with Gasteiger partial charge in [-0.2, -0.15) is 0 Å². The van der Waals surface area contributed by atoms with Gasteiger partial charge in [-0.3, -0.25) is 4.58 Å². The molecule has 0 saturated heterocycles. The fourth-order valence-corrected chi connectivity index (χ4v) is 9.38. The molecule has 1 saturated carbocycles. The number of thiophene rings is 1. The van der Waals surface area contributed by atoms with Gasteiger partial charge >= 0.3 is 0 Å². The van der Waals surface area contributed by atoms with Crippen molar-refractivity contribution >= 4 is 45.0 Å². The van der Waals surface area contributed by atoms with Crippen LogP contribution in [-0.4, -0.2) is 11.3 Å². The predicted octanol–water partition coefficient (Wildman–Crippen LogP) is 10.6. The Kier molecular flexibility index (Phi) is 5.97. The van der Waals surface area contributed by atoms with Gasteiger partial charge < -0.3 is 0 Å². The summed E-state index contributed by atoms with van der Waals surface area (Å²) in [6, 6.07) is 19.6. The number of nitrogens with zero attached hydrogens (tertiary/aromatic N) is 1. The highest BCUT2D eigenvalue weighted by Crippen LogP contribution is 2.54. The first kappa shape index (κ1) is 26.4. The smallest absolute Gasteiger partial charge is 0.197 e. The zero-order chi connectivity index (χ0) is 27.9. The molecule has 0 radical (unpaired) electrons. The molecule has 202 valence electrons. The van der Waals surface area contributed by atoms with E-state index in [2.05, 4.69) is 127 Å². The minimum Gasteiger partial charge on any atom is -0.257 e. The van der Waals surface area contributed by atoms with Crippen molar-refractivity contribution in [3.05, 3.63) is 93.5 Å². The maximum atomic E-state index is 4.50. The van der Waals surface area contributed by atoms with Crippen molar-refractivity contribution in [3.63, 3.8) is 0 Å². The number of hydrogen-bond donors (Lipinski definition) is 0. The van der Waals surface area contributed by atoms with Gasteiger partial charge in [0.1, 0.15) is 17.5 Å². The molecule has 1 fully saturated rings. The Bertz CT molecular complexity index is 1640. The predicted molar refractivity (Wildman–Crippen MR) is 171 cm³/mol. The molecule has 2 heterocycles. The number of hydrogen-bond acceptors (Lipinski definition) is 0. The van der Waals surface area contributed by atoms with Gasteiger partial charge in [0.2, 0.25) is 0 Å². The van der Waals surface area contributed by atoms with E-state index in [-0.39, 0.29) is 5.41 Å². The Morgan fingerprint density at radius 3 is 2.28 bits per heavy atom. The van der Waals surface area contributed by atoms with Gasteiger partial charge in [0.15, 0.2) is 15.6 Å². The molecule has 0 bridgehead atoms. The standard InChI is InChI=1S/C37H43NS/c1-23-25-13-10-11-14-27(25)31(35(2,3)4)19-30(23)32-34-29(17-18-38(32)9)28-16-12-15-26(33(28)39-34)24-20-36(5,6)22-37(7,8)21-24/h10-19,24H,9,20-22H2,1-8H3. The van der Waals surface area contributed by atoms with Gasteiger partial charge in [0.05, 0.1) is 6.72 Å². The third-order valence-electron chi connectivity index (χ3n) is 9.08. The quantitative estimate of drug-likeness (QED) is 0.137. The average molecular weight is 534 g/mol. The van der Waals surface area contributed by atoms with E-state index >= 15 is 0 Å². The van der Waals surface area contributed by atoms with E-state index in [4.69, 9.17) is 0 Å². The lowest BCUT2D eigenvalue weighted by Crippen LogP contribution is -2.32. The fraction of sp³-hybridized carbons (Fsp3) is 0.405. The van der Waals surface area contributed by atoms with Gasteiger partial charge in [-0.1, -0.05) is 102 Å². The molecule has 6 rings (SSSR count). The van der Waals surface area contributed by atoms with Gasteiger partial charge in [0.25, 0.3) is 0 Å². The highest BCUT2D eigenvalue weighted by atomic mass is 32.1. The monoisotopic (exact) mass is 533 g/mol. The normalized spacial score (nSPS) is 19.2. The van der Waals surface area contributed by atoms with Crippen LogP contribution in [0.15, 0.2) is 54.7 Å². The summed E-state index contributed by atoms with van der Waals surface area (Å²) in [5.74, 6) is 0.589. The van der Waals surface area contributed by atoms with E-state index in [1.807, 2.05) is 11.3 Å². The number of aryl methyl sites for hydroxylation is 1. The lowest BCUT2D eigenvalue weighted by atomic mass is 9.60. The summed E-state index contributed by atoms with van der Waals surface area (Å²) >= 11 is 1.98. The van der Waals surface area contributed by atoms with Crippen LogP contribution in [0.2, 0.25) is 0 Å². The van der Waals surface area contributed by atoms with Crippen LogP contribution in [-0.2, 0) is 5.41 Å². The zero-order valence-electron chi connectivity index (χ0n) is 25.0. The van der Waals surface area contributed by atoms with E-state index in [1.165, 1.54) is 73.3 Å². The summed E-state index contributed by atoms with van der Waals surface area (Å²) in [4.78, 5) is 1.35. The first-order valence-electron chi connectivity index (χ1n) is 14.5. The van der Waals surface area contributed by atoms with Crippen LogP contribution in [0.3, 0.4) is 0 Å². The first-order valence-corrected chi connectivity index (χ1v) is 15.3. The lowest BCUT2D eigenvalue weighted by molar-refractivity contribution is -0.417. The van der Waals surface area contributed by atoms with Crippen LogP contribution in [0.4, 0.5) is 0 Å². The largest absolute Gasteiger partial charge is 0.257 e. The molecule has 3 aromatic carbocycles. The molecule has 0 N–H and O–H groups in total. The van der Waals surface area contributed by atoms with E-state index in [0.717, 1.165) is 0 Å². The Hall–Kier alpha value is -2.84. The van der Waals surface area contributed by atoms with E-state index < -0.39 is 0 Å². The molecule has 1 aromatic heterocycles. The van der Waals surface area contributed by atoms with Gasteiger partial charge in [-0.25, -0.2) is 0 Å². The molecule has 1 aliphatic heterocycles. The van der Waals surface area contributed by atoms with E-state index in [1.54, 1.807) is 5.56 Å². The Morgan fingerprint density at radius 2 is 1.62 bits per heavy atom. The summed E-state index contributed by atoms with van der Waals surface area (Å²) in [5.41, 5.74) is 7.67. The maximum Gasteiger partial charge on any atom is 0.197 e. The van der Waals surface area contributed by atoms with Crippen molar-refractivity contribution in [1.29, 1.82) is 0 Å². The van der Waals surface area contributed by atoms with Crippen molar-refractivity contribution in [2.24, 2.45) is 10.8 Å². The van der Waals surface area contributed by atoms with Crippen LogP contribution >= 0.6 is 11.3 Å². The highest BCUT2D eigenvalue weighted by Gasteiger charge is 2.41. The molecule has 0 unspecified atom stereocenters. The highest BCUT2D eigenvalue weighted by molar-refractivity contribution is 7.20. The minimum atomic E-state index is 0.0376. The van der Waals surface area contributed by atoms with E-state index in [9.17, 15) is 0 Å². The van der Waals surface area contributed by atoms with Crippen molar-refractivity contribution in [1.82, 2.24) is 0 Å². The molecule has 1 nitrogen and oxygen atoms in total. The van der Waals surface area contributed by atoms with Gasteiger partial charge in [-0.15, -0.1) is 18.2 Å². The van der Waals surface area contributed by atoms with Crippen LogP contribution in [0.1, 0.15) is 106 Å². The second kappa shape index (κ2) is 8.83. The molecule has 0 atom stereocenters. The van der Waals surface area contributed by atoms with Crippen molar-refractivity contribution < 1.29 is 4.58 Å². The Balaban J connectivity index is 1.56. The Labute approximate surface area is 239 Å². The average Bonchev–Trinajstić information content (AvgIpc) is 3.21. The van der Waals surface area contributed by atoms with Crippen molar-refractivity contribution in [3.8, 4) is 0 Å². The summed E-state index contributed by atoms with van der Waals surface area (Å²) < 4.78 is 3.57. The molecule has 39 heavy (non-hydrogen) atoms. The molecule has 0 spiro atoms. The Morgan fingerprint density at radius 1 is 0.949 bits per heavy atom. The van der Waals surface area contributed by atoms with Crippen molar-refractivity contribution in [2.75, 3.05) is 0 Å². The summed E-state index contributed by atoms with van der Waals surface area (Å²) in [6.45, 7) is 23.6. The third-order valence-corrected chi connectivity index (χ3v) is 10.4. The summed E-state index contributed by atoms with van der Waals surface area (Å²) in [6.07, 6.45) is 8.25. The van der Waals surface area contributed by atoms with Crippen LogP contribution in [0.5, 0.6) is 0 Å². The van der Waals surface area contributed by atoms with Crippen LogP contribution < -0.4 is 0 Å². The van der Waals surface area contributed by atoms with Crippen molar-refractivity contribution in [2.45, 2.75) is 86.0 Å². The molecular formula is C37H43NS. The fourth-order valence-electron chi connectivity index (χ4n) is 7.92. The first-order chi connectivity index (χ1) is 18.3. The second-order valence-electron chi connectivity index (χ2n) is 14.7. The molecule has 4 aromatic rings. The van der Waals surface area contributed by atoms with E-state index in [0.29, 0.717) is 16.7 Å². The van der Waals surface area contributed by atoms with Crippen LogP contribution in [0, 0.1) is 23.8 Å². The molecule has 0 amide bonds. The third kappa shape index (κ3) is 4.45. The molecule has 2 heteroatoms. The molecule has 1 aliphatic carbocycles. The second-order valence-corrected chi connectivity index (χ2v) is 15.7. The zero-order valence-corrected chi connectivity index (χ0v) is 25.9. The van der Waals surface area contributed by atoms with Gasteiger partial charge in [0, 0.05) is 0 Å². The number of rotatable bonds is 2. The summed E-state index contributed by atoms with van der Waals surface area (Å²) in [5, 5.41) is 4.09.